The van der Waals surface area contributed by atoms with Crippen molar-refractivity contribution in [3.8, 4) is 5.75 Å². The van der Waals surface area contributed by atoms with E-state index in [1.165, 1.54) is 6.92 Å². The third kappa shape index (κ3) is 5.28. The number of aryl methyl sites for hydroxylation is 1. The summed E-state index contributed by atoms with van der Waals surface area (Å²) in [6.07, 6.45) is -1.03. The molecule has 2 aromatic rings. The largest absolute Gasteiger partial charge is 0.482 e. The molecule has 30 heavy (non-hydrogen) atoms. The minimum Gasteiger partial charge on any atom is -0.482 e. The average Bonchev–Trinajstić information content (AvgIpc) is 3.00. The molecule has 0 aliphatic rings. The van der Waals surface area contributed by atoms with Crippen molar-refractivity contribution in [2.24, 2.45) is 0 Å². The molecule has 0 unspecified atom stereocenters. The molecule has 1 aromatic heterocycles. The zero-order valence-corrected chi connectivity index (χ0v) is 18.3. The van der Waals surface area contributed by atoms with Crippen molar-refractivity contribution in [1.82, 2.24) is 4.98 Å². The number of ketones is 1. The number of H-pyrrole nitrogens is 1. The van der Waals surface area contributed by atoms with E-state index in [-0.39, 0.29) is 24.8 Å². The Morgan fingerprint density at radius 3 is 2.37 bits per heavy atom. The second kappa shape index (κ2) is 10.1. The molecule has 1 aromatic carbocycles. The number of aromatic amines is 1. The summed E-state index contributed by atoms with van der Waals surface area (Å²) < 4.78 is 15.9. The molecule has 0 bridgehead atoms. The summed E-state index contributed by atoms with van der Waals surface area (Å²) in [5.74, 6) is -0.726. The van der Waals surface area contributed by atoms with E-state index in [0.29, 0.717) is 22.6 Å². The number of ether oxygens (including phenoxy) is 3. The number of Topliss-reactive ketones (excluding diaryl/α,β-unsaturated/α-hetero) is 1. The summed E-state index contributed by atoms with van der Waals surface area (Å²) in [6.45, 7) is 10.5. The fourth-order valence-corrected chi connectivity index (χ4v) is 3.22. The summed E-state index contributed by atoms with van der Waals surface area (Å²) in [4.78, 5) is 40.0. The predicted molar refractivity (Wildman–Crippen MR) is 112 cm³/mol. The molecule has 0 aliphatic heterocycles. The van der Waals surface area contributed by atoms with Crippen LogP contribution in [-0.4, -0.2) is 42.0 Å². The minimum atomic E-state index is -1.03. The number of aromatic nitrogens is 1. The third-order valence-electron chi connectivity index (χ3n) is 4.73. The first-order chi connectivity index (χ1) is 14.2. The van der Waals surface area contributed by atoms with Gasteiger partial charge in [-0.05, 0) is 50.8 Å². The molecular formula is C23H29NO6. The Bertz CT molecular complexity index is 928. The summed E-state index contributed by atoms with van der Waals surface area (Å²) in [5.41, 5.74) is 2.54. The minimum absolute atomic E-state index is 0.224. The van der Waals surface area contributed by atoms with Crippen LogP contribution in [0.3, 0.4) is 0 Å². The maximum Gasteiger partial charge on any atom is 0.344 e. The number of hydrogen-bond acceptors (Lipinski definition) is 6. The van der Waals surface area contributed by atoms with Crippen molar-refractivity contribution in [2.45, 2.75) is 53.6 Å². The van der Waals surface area contributed by atoms with Crippen molar-refractivity contribution in [2.75, 3.05) is 13.2 Å². The normalized spacial score (nSPS) is 11.8. The standard InChI is InChI=1S/C23H29NO6/c1-7-28-23(27)20-14(4)21(24-15(20)5)22(26)16(6)30-19(25)12-29-18-11-9-8-10-17(18)13(2)3/h8-11,13,16,24H,7,12H2,1-6H3/t16-/m1/s1. The van der Waals surface area contributed by atoms with Gasteiger partial charge in [-0.2, -0.15) is 0 Å². The van der Waals surface area contributed by atoms with Crippen molar-refractivity contribution in [3.05, 3.63) is 52.3 Å². The van der Waals surface area contributed by atoms with Crippen LogP contribution in [0, 0.1) is 13.8 Å². The Hall–Kier alpha value is -3.09. The van der Waals surface area contributed by atoms with Crippen LogP contribution >= 0.6 is 0 Å². The Morgan fingerprint density at radius 2 is 1.73 bits per heavy atom. The van der Waals surface area contributed by atoms with Crippen LogP contribution in [0.5, 0.6) is 5.75 Å². The van der Waals surface area contributed by atoms with Gasteiger partial charge in [0.05, 0.1) is 17.9 Å². The number of benzene rings is 1. The fraction of sp³-hybridized carbons (Fsp3) is 0.435. The number of esters is 2. The monoisotopic (exact) mass is 415 g/mol. The molecule has 7 nitrogen and oxygen atoms in total. The summed E-state index contributed by atoms with van der Waals surface area (Å²) >= 11 is 0. The Labute approximate surface area is 176 Å². The third-order valence-corrected chi connectivity index (χ3v) is 4.73. The maximum atomic E-state index is 12.8. The summed E-state index contributed by atoms with van der Waals surface area (Å²) in [5, 5.41) is 0. The lowest BCUT2D eigenvalue weighted by atomic mass is 10.0. The van der Waals surface area contributed by atoms with Crippen LogP contribution in [0.2, 0.25) is 0 Å². The molecule has 0 spiro atoms. The molecule has 0 aliphatic carbocycles. The maximum absolute atomic E-state index is 12.8. The summed E-state index contributed by atoms with van der Waals surface area (Å²) in [7, 11) is 0. The molecule has 0 amide bonds. The van der Waals surface area contributed by atoms with Crippen molar-refractivity contribution in [3.63, 3.8) is 0 Å². The van der Waals surface area contributed by atoms with E-state index in [1.54, 1.807) is 26.8 Å². The lowest BCUT2D eigenvalue weighted by Crippen LogP contribution is -2.28. The van der Waals surface area contributed by atoms with Gasteiger partial charge < -0.3 is 19.2 Å². The molecule has 1 atom stereocenters. The number of carbonyl (C=O) groups excluding carboxylic acids is 3. The van der Waals surface area contributed by atoms with Gasteiger partial charge in [-0.3, -0.25) is 4.79 Å². The Balaban J connectivity index is 2.03. The number of nitrogens with one attached hydrogen (secondary N) is 1. The highest BCUT2D eigenvalue weighted by atomic mass is 16.6. The van der Waals surface area contributed by atoms with Gasteiger partial charge in [0.1, 0.15) is 5.75 Å². The predicted octanol–water partition coefficient (Wildman–Crippen LogP) is 4.13. The average molecular weight is 415 g/mol. The van der Waals surface area contributed by atoms with E-state index in [2.05, 4.69) is 4.98 Å². The first-order valence-electron chi connectivity index (χ1n) is 9.99. The molecule has 0 fully saturated rings. The lowest BCUT2D eigenvalue weighted by molar-refractivity contribution is -0.148. The topological polar surface area (TPSA) is 94.7 Å². The second-order valence-electron chi connectivity index (χ2n) is 7.32. The SMILES string of the molecule is CCOC(=O)c1c(C)[nH]c(C(=O)[C@@H](C)OC(=O)COc2ccccc2C(C)C)c1C. The van der Waals surface area contributed by atoms with Gasteiger partial charge in [-0.25, -0.2) is 9.59 Å². The van der Waals surface area contributed by atoms with E-state index in [9.17, 15) is 14.4 Å². The van der Waals surface area contributed by atoms with Crippen LogP contribution in [0.25, 0.3) is 0 Å². The fourth-order valence-electron chi connectivity index (χ4n) is 3.22. The molecule has 162 valence electrons. The number of rotatable bonds is 9. The number of hydrogen-bond donors (Lipinski definition) is 1. The smallest absolute Gasteiger partial charge is 0.344 e. The molecule has 1 N–H and O–H groups in total. The van der Waals surface area contributed by atoms with Crippen molar-refractivity contribution < 1.29 is 28.6 Å². The van der Waals surface area contributed by atoms with Crippen LogP contribution in [0.15, 0.2) is 24.3 Å². The molecular weight excluding hydrogens is 386 g/mol. The van der Waals surface area contributed by atoms with E-state index >= 15 is 0 Å². The van der Waals surface area contributed by atoms with E-state index in [0.717, 1.165) is 5.56 Å². The van der Waals surface area contributed by atoms with Crippen LogP contribution in [-0.2, 0) is 14.3 Å². The van der Waals surface area contributed by atoms with Gasteiger partial charge >= 0.3 is 11.9 Å². The van der Waals surface area contributed by atoms with Gasteiger partial charge in [0.25, 0.3) is 0 Å². The molecule has 7 heteroatoms. The zero-order chi connectivity index (χ0) is 22.4. The highest BCUT2D eigenvalue weighted by Gasteiger charge is 2.27. The number of carbonyl (C=O) groups is 3. The van der Waals surface area contributed by atoms with Gasteiger partial charge in [0, 0.05) is 5.69 Å². The molecule has 2 rings (SSSR count). The van der Waals surface area contributed by atoms with E-state index < -0.39 is 23.8 Å². The van der Waals surface area contributed by atoms with Crippen molar-refractivity contribution >= 4 is 17.7 Å². The quantitative estimate of drug-likeness (QED) is 0.489. The Kier molecular flexibility index (Phi) is 7.80. The van der Waals surface area contributed by atoms with E-state index in [1.807, 2.05) is 32.0 Å². The van der Waals surface area contributed by atoms with Gasteiger partial charge in [0.15, 0.2) is 12.7 Å². The molecule has 0 saturated carbocycles. The number of para-hydroxylation sites is 1. The van der Waals surface area contributed by atoms with Gasteiger partial charge in [-0.1, -0.05) is 32.0 Å². The van der Waals surface area contributed by atoms with Gasteiger partial charge in [-0.15, -0.1) is 0 Å². The highest BCUT2D eigenvalue weighted by molar-refractivity contribution is 6.04. The molecule has 0 radical (unpaired) electrons. The lowest BCUT2D eigenvalue weighted by Gasteiger charge is -2.15. The highest BCUT2D eigenvalue weighted by Crippen LogP contribution is 2.26. The second-order valence-corrected chi connectivity index (χ2v) is 7.32. The zero-order valence-electron chi connectivity index (χ0n) is 18.3. The first-order valence-corrected chi connectivity index (χ1v) is 9.99. The first kappa shape index (κ1) is 23.2. The Morgan fingerprint density at radius 1 is 1.07 bits per heavy atom. The van der Waals surface area contributed by atoms with Gasteiger partial charge in [0.2, 0.25) is 5.78 Å². The van der Waals surface area contributed by atoms with Crippen molar-refractivity contribution in [1.29, 1.82) is 0 Å². The van der Waals surface area contributed by atoms with Crippen LogP contribution in [0.4, 0.5) is 0 Å². The summed E-state index contributed by atoms with van der Waals surface area (Å²) in [6, 6.07) is 7.47. The molecule has 1 heterocycles. The van der Waals surface area contributed by atoms with Crippen LogP contribution in [0.1, 0.15) is 71.3 Å². The molecule has 0 saturated heterocycles. The van der Waals surface area contributed by atoms with Crippen LogP contribution < -0.4 is 4.74 Å². The van der Waals surface area contributed by atoms with E-state index in [4.69, 9.17) is 14.2 Å².